The second-order valence-electron chi connectivity index (χ2n) is 4.11. The molecule has 3 nitrogen and oxygen atoms in total. The second-order valence-corrected chi connectivity index (χ2v) is 4.11. The molecule has 2 aromatic rings. The van der Waals surface area contributed by atoms with Crippen LogP contribution in [0.4, 0.5) is 5.69 Å². The van der Waals surface area contributed by atoms with E-state index in [0.717, 1.165) is 26.2 Å². The van der Waals surface area contributed by atoms with E-state index in [1.807, 2.05) is 12.4 Å². The number of nitrogens with zero attached hydrogens (tertiary/aromatic N) is 2. The molecule has 1 N–H and O–H groups in total. The van der Waals surface area contributed by atoms with Gasteiger partial charge in [0.2, 0.25) is 0 Å². The number of piperazine rings is 1. The van der Waals surface area contributed by atoms with E-state index in [9.17, 15) is 0 Å². The summed E-state index contributed by atoms with van der Waals surface area (Å²) < 4.78 is 0. The average Bonchev–Trinajstić information content (AvgIpc) is 2.39. The van der Waals surface area contributed by atoms with Gasteiger partial charge in [-0.05, 0) is 17.5 Å². The number of pyridine rings is 1. The van der Waals surface area contributed by atoms with Crippen molar-refractivity contribution in [2.75, 3.05) is 31.1 Å². The monoisotopic (exact) mass is 213 g/mol. The van der Waals surface area contributed by atoms with Crippen molar-refractivity contribution >= 4 is 16.5 Å². The summed E-state index contributed by atoms with van der Waals surface area (Å²) in [5.74, 6) is 0. The maximum atomic E-state index is 4.23. The van der Waals surface area contributed by atoms with Gasteiger partial charge in [-0.3, -0.25) is 4.98 Å². The van der Waals surface area contributed by atoms with Gasteiger partial charge in [0, 0.05) is 49.6 Å². The SMILES string of the molecule is c1cc(N2CCNCC2)c2cnccc2c1. The van der Waals surface area contributed by atoms with Crippen LogP contribution in [0.3, 0.4) is 0 Å². The van der Waals surface area contributed by atoms with Gasteiger partial charge in [0.1, 0.15) is 0 Å². The zero-order valence-electron chi connectivity index (χ0n) is 9.19. The third-order valence-electron chi connectivity index (χ3n) is 3.12. The summed E-state index contributed by atoms with van der Waals surface area (Å²) in [6.07, 6.45) is 3.82. The topological polar surface area (TPSA) is 28.2 Å². The first-order valence-corrected chi connectivity index (χ1v) is 5.73. The van der Waals surface area contributed by atoms with Gasteiger partial charge in [-0.15, -0.1) is 0 Å². The summed E-state index contributed by atoms with van der Waals surface area (Å²) in [4.78, 5) is 6.66. The van der Waals surface area contributed by atoms with Crippen molar-refractivity contribution in [1.82, 2.24) is 10.3 Å². The van der Waals surface area contributed by atoms with Crippen LogP contribution < -0.4 is 10.2 Å². The Hall–Kier alpha value is -1.61. The molecule has 1 fully saturated rings. The molecule has 0 spiro atoms. The molecule has 82 valence electrons. The summed E-state index contributed by atoms with van der Waals surface area (Å²) in [5.41, 5.74) is 1.31. The van der Waals surface area contributed by atoms with Gasteiger partial charge in [-0.1, -0.05) is 12.1 Å². The molecule has 0 saturated carbocycles. The van der Waals surface area contributed by atoms with Crippen LogP contribution in [0.15, 0.2) is 36.7 Å². The lowest BCUT2D eigenvalue weighted by molar-refractivity contribution is 0.590. The van der Waals surface area contributed by atoms with E-state index in [-0.39, 0.29) is 0 Å². The fraction of sp³-hybridized carbons (Fsp3) is 0.308. The molecule has 1 saturated heterocycles. The number of benzene rings is 1. The van der Waals surface area contributed by atoms with Gasteiger partial charge in [0.05, 0.1) is 0 Å². The van der Waals surface area contributed by atoms with E-state index in [1.54, 1.807) is 0 Å². The molecule has 1 aromatic heterocycles. The first-order chi connectivity index (χ1) is 7.95. The minimum atomic E-state index is 1.07. The number of aromatic nitrogens is 1. The molecule has 0 unspecified atom stereocenters. The quantitative estimate of drug-likeness (QED) is 0.780. The molecule has 1 aliphatic heterocycles. The summed E-state index contributed by atoms with van der Waals surface area (Å²) in [5, 5.41) is 5.90. The van der Waals surface area contributed by atoms with Crippen molar-refractivity contribution in [2.24, 2.45) is 0 Å². The molecule has 16 heavy (non-hydrogen) atoms. The molecule has 0 amide bonds. The Kier molecular flexibility index (Phi) is 2.46. The van der Waals surface area contributed by atoms with Crippen molar-refractivity contribution < 1.29 is 0 Å². The molecular weight excluding hydrogens is 198 g/mol. The molecule has 0 bridgehead atoms. The smallest absolute Gasteiger partial charge is 0.0462 e. The summed E-state index contributed by atoms with van der Waals surface area (Å²) in [7, 11) is 0. The van der Waals surface area contributed by atoms with Crippen LogP contribution in [-0.4, -0.2) is 31.2 Å². The molecule has 3 rings (SSSR count). The summed E-state index contributed by atoms with van der Waals surface area (Å²) >= 11 is 0. The minimum Gasteiger partial charge on any atom is -0.368 e. The fourth-order valence-corrected chi connectivity index (χ4v) is 2.28. The number of anilines is 1. The number of hydrogen-bond acceptors (Lipinski definition) is 3. The van der Waals surface area contributed by atoms with Crippen LogP contribution in [0.1, 0.15) is 0 Å². The maximum Gasteiger partial charge on any atom is 0.0462 e. The van der Waals surface area contributed by atoms with Gasteiger partial charge in [0.25, 0.3) is 0 Å². The summed E-state index contributed by atoms with van der Waals surface area (Å²) in [6, 6.07) is 8.53. The molecule has 0 radical (unpaired) electrons. The second kappa shape index (κ2) is 4.10. The highest BCUT2D eigenvalue weighted by Crippen LogP contribution is 2.25. The van der Waals surface area contributed by atoms with Crippen molar-refractivity contribution in [3.05, 3.63) is 36.7 Å². The Bertz CT molecular complexity index is 484. The molecule has 0 atom stereocenters. The number of hydrogen-bond donors (Lipinski definition) is 1. The Balaban J connectivity index is 2.08. The predicted molar refractivity (Wildman–Crippen MR) is 66.8 cm³/mol. The molecule has 2 heterocycles. The molecular formula is C13H15N3. The van der Waals surface area contributed by atoms with Crippen LogP contribution in [0.2, 0.25) is 0 Å². The largest absolute Gasteiger partial charge is 0.368 e. The van der Waals surface area contributed by atoms with E-state index in [4.69, 9.17) is 0 Å². The third-order valence-corrected chi connectivity index (χ3v) is 3.12. The van der Waals surface area contributed by atoms with Crippen LogP contribution >= 0.6 is 0 Å². The Labute approximate surface area is 95.1 Å². The van der Waals surface area contributed by atoms with E-state index >= 15 is 0 Å². The zero-order chi connectivity index (χ0) is 10.8. The molecule has 0 aliphatic carbocycles. The number of fused-ring (bicyclic) bond motifs is 1. The number of nitrogens with one attached hydrogen (secondary N) is 1. The molecule has 1 aliphatic rings. The third kappa shape index (κ3) is 1.63. The van der Waals surface area contributed by atoms with Gasteiger partial charge in [-0.2, -0.15) is 0 Å². The Morgan fingerprint density at radius 2 is 2.00 bits per heavy atom. The normalized spacial score (nSPS) is 16.6. The maximum absolute atomic E-state index is 4.23. The lowest BCUT2D eigenvalue weighted by Gasteiger charge is -2.30. The lowest BCUT2D eigenvalue weighted by Crippen LogP contribution is -2.43. The lowest BCUT2D eigenvalue weighted by atomic mass is 10.1. The molecule has 3 heteroatoms. The van der Waals surface area contributed by atoms with Gasteiger partial charge in [0.15, 0.2) is 0 Å². The minimum absolute atomic E-state index is 1.07. The number of rotatable bonds is 1. The van der Waals surface area contributed by atoms with E-state index < -0.39 is 0 Å². The van der Waals surface area contributed by atoms with Crippen LogP contribution in [-0.2, 0) is 0 Å². The van der Waals surface area contributed by atoms with E-state index in [2.05, 4.69) is 39.5 Å². The Morgan fingerprint density at radius 3 is 2.88 bits per heavy atom. The van der Waals surface area contributed by atoms with Crippen molar-refractivity contribution in [3.8, 4) is 0 Å². The summed E-state index contributed by atoms with van der Waals surface area (Å²) in [6.45, 7) is 4.29. The molecule has 1 aromatic carbocycles. The van der Waals surface area contributed by atoms with Gasteiger partial charge in [-0.25, -0.2) is 0 Å². The van der Waals surface area contributed by atoms with Crippen molar-refractivity contribution in [3.63, 3.8) is 0 Å². The average molecular weight is 213 g/mol. The predicted octanol–water partition coefficient (Wildman–Crippen LogP) is 1.64. The highest BCUT2D eigenvalue weighted by atomic mass is 15.2. The highest BCUT2D eigenvalue weighted by molar-refractivity contribution is 5.93. The van der Waals surface area contributed by atoms with E-state index in [0.29, 0.717) is 0 Å². The highest BCUT2D eigenvalue weighted by Gasteiger charge is 2.12. The first-order valence-electron chi connectivity index (χ1n) is 5.73. The van der Waals surface area contributed by atoms with Crippen molar-refractivity contribution in [2.45, 2.75) is 0 Å². The van der Waals surface area contributed by atoms with Gasteiger partial charge >= 0.3 is 0 Å². The van der Waals surface area contributed by atoms with Crippen LogP contribution in [0, 0.1) is 0 Å². The standard InChI is InChI=1S/C13H15N3/c1-2-11-4-5-15-10-12(11)13(3-1)16-8-6-14-7-9-16/h1-5,10,14H,6-9H2. The Morgan fingerprint density at radius 1 is 1.12 bits per heavy atom. The van der Waals surface area contributed by atoms with Crippen LogP contribution in [0.5, 0.6) is 0 Å². The van der Waals surface area contributed by atoms with Crippen molar-refractivity contribution in [1.29, 1.82) is 0 Å². The fourth-order valence-electron chi connectivity index (χ4n) is 2.28. The first kappa shape index (κ1) is 9.60. The van der Waals surface area contributed by atoms with Crippen LogP contribution in [0.25, 0.3) is 10.8 Å². The zero-order valence-corrected chi connectivity index (χ0v) is 9.19. The van der Waals surface area contributed by atoms with Gasteiger partial charge < -0.3 is 10.2 Å². The van der Waals surface area contributed by atoms with E-state index in [1.165, 1.54) is 16.5 Å².